The molecule has 0 bridgehead atoms. The van der Waals surface area contributed by atoms with Gasteiger partial charge in [-0.05, 0) is 75.4 Å². The van der Waals surface area contributed by atoms with E-state index in [9.17, 15) is 0 Å². The summed E-state index contributed by atoms with van der Waals surface area (Å²) in [6.07, 6.45) is 27.3. The molecule has 0 aliphatic carbocycles. The van der Waals surface area contributed by atoms with Crippen LogP contribution in [0.2, 0.25) is 0 Å². The monoisotopic (exact) mass is 414 g/mol. The van der Waals surface area contributed by atoms with Crippen molar-refractivity contribution in [1.29, 1.82) is 0 Å². The minimum Gasteiger partial charge on any atom is -0.103 e. The first kappa shape index (κ1) is 29.0. The lowest BCUT2D eigenvalue weighted by Gasteiger charge is -2.23. The van der Waals surface area contributed by atoms with Gasteiger partial charge in [0.2, 0.25) is 0 Å². The second-order valence-corrected chi connectivity index (χ2v) is 8.98. The van der Waals surface area contributed by atoms with E-state index in [4.69, 9.17) is 0 Å². The molecule has 0 aliphatic rings. The first-order valence-corrected chi connectivity index (χ1v) is 13.3. The van der Waals surface area contributed by atoms with Crippen molar-refractivity contribution in [3.63, 3.8) is 0 Å². The van der Waals surface area contributed by atoms with Crippen LogP contribution in [0.25, 0.3) is 0 Å². The zero-order valence-corrected chi connectivity index (χ0v) is 21.3. The van der Waals surface area contributed by atoms with Crippen molar-refractivity contribution in [2.45, 2.75) is 143 Å². The summed E-state index contributed by atoms with van der Waals surface area (Å²) in [5.74, 6) is 0. The van der Waals surface area contributed by atoms with Crippen molar-refractivity contribution >= 4 is 0 Å². The van der Waals surface area contributed by atoms with Crippen LogP contribution < -0.4 is 0 Å². The van der Waals surface area contributed by atoms with Crippen LogP contribution in [0.1, 0.15) is 143 Å². The van der Waals surface area contributed by atoms with Crippen molar-refractivity contribution in [1.82, 2.24) is 0 Å². The lowest BCUT2D eigenvalue weighted by molar-refractivity contribution is 0.655. The third-order valence-corrected chi connectivity index (χ3v) is 6.22. The van der Waals surface area contributed by atoms with Crippen LogP contribution in [0.4, 0.5) is 0 Å². The fraction of sp³-hybridized carbons (Fsp3) is 0.733. The number of hydrogen-bond donors (Lipinski definition) is 0. The Kier molecular flexibility index (Phi) is 20.5. The molecule has 0 aromatic heterocycles. The summed E-state index contributed by atoms with van der Waals surface area (Å²) in [5, 5.41) is 0. The van der Waals surface area contributed by atoms with Crippen molar-refractivity contribution < 1.29 is 0 Å². The Balaban J connectivity index is 6.18. The van der Waals surface area contributed by atoms with Crippen molar-refractivity contribution in [2.75, 3.05) is 0 Å². The van der Waals surface area contributed by atoms with Crippen LogP contribution in [-0.2, 0) is 0 Å². The maximum atomic E-state index is 4.12. The molecule has 0 nitrogen and oxygen atoms in total. The summed E-state index contributed by atoms with van der Waals surface area (Å²) in [4.78, 5) is 0. The zero-order valence-electron chi connectivity index (χ0n) is 21.3. The molecule has 0 saturated carbocycles. The van der Waals surface area contributed by atoms with Gasteiger partial charge < -0.3 is 0 Å². The second-order valence-electron chi connectivity index (χ2n) is 8.98. The third-order valence-electron chi connectivity index (χ3n) is 6.22. The second kappa shape index (κ2) is 21.2. The van der Waals surface area contributed by atoms with Gasteiger partial charge in [0.1, 0.15) is 0 Å². The van der Waals surface area contributed by atoms with Crippen LogP contribution >= 0.6 is 0 Å². The Bertz CT molecular complexity index is 442. The summed E-state index contributed by atoms with van der Waals surface area (Å²) in [5.41, 5.74) is 6.84. The fourth-order valence-electron chi connectivity index (χ4n) is 4.46. The summed E-state index contributed by atoms with van der Waals surface area (Å²) >= 11 is 0. The lowest BCUT2D eigenvalue weighted by atomic mass is 9.83. The van der Waals surface area contributed by atoms with E-state index in [2.05, 4.69) is 53.0 Å². The van der Waals surface area contributed by atoms with E-state index in [1.165, 1.54) is 103 Å². The predicted octanol–water partition coefficient (Wildman–Crippen LogP) is 11.1. The molecule has 0 spiro atoms. The summed E-state index contributed by atoms with van der Waals surface area (Å²) in [6.45, 7) is 17.5. The van der Waals surface area contributed by atoms with Gasteiger partial charge >= 0.3 is 0 Å². The molecular formula is C30H54. The summed E-state index contributed by atoms with van der Waals surface area (Å²) < 4.78 is 0. The molecule has 0 N–H and O–H groups in total. The van der Waals surface area contributed by atoms with Gasteiger partial charge in [-0.1, -0.05) is 102 Å². The molecule has 0 heteroatoms. The van der Waals surface area contributed by atoms with Gasteiger partial charge in [0.05, 0.1) is 0 Å². The van der Waals surface area contributed by atoms with Crippen LogP contribution in [0.5, 0.6) is 0 Å². The Morgan fingerprint density at radius 1 is 0.467 bits per heavy atom. The van der Waals surface area contributed by atoms with E-state index in [1.807, 2.05) is 0 Å². The van der Waals surface area contributed by atoms with Gasteiger partial charge in [-0.3, -0.25) is 0 Å². The number of hydrogen-bond acceptors (Lipinski definition) is 0. The Morgan fingerprint density at radius 2 is 0.767 bits per heavy atom. The smallest absolute Gasteiger partial charge is 0.0136 e. The Hall–Kier alpha value is -1.04. The van der Waals surface area contributed by atoms with Gasteiger partial charge in [0, 0.05) is 0 Å². The Morgan fingerprint density at radius 3 is 1.03 bits per heavy atom. The number of unbranched alkanes of at least 4 members (excludes halogenated alkanes) is 8. The number of allylic oxidation sites excluding steroid dienone is 6. The highest BCUT2D eigenvalue weighted by molar-refractivity contribution is 5.40. The van der Waals surface area contributed by atoms with E-state index in [0.29, 0.717) is 0 Å². The third kappa shape index (κ3) is 13.3. The molecule has 0 fully saturated rings. The normalized spacial score (nSPS) is 13.1. The molecule has 0 amide bonds. The van der Waals surface area contributed by atoms with Crippen molar-refractivity contribution in [2.24, 2.45) is 0 Å². The van der Waals surface area contributed by atoms with Crippen LogP contribution in [0, 0.1) is 0 Å². The molecule has 0 saturated heterocycles. The van der Waals surface area contributed by atoms with Crippen LogP contribution in [-0.4, -0.2) is 0 Å². The SMILES string of the molecule is C=CCC(CCCCC)=C(CCCCC)C(CCCCC)=C(CC=C)CCCCC. The molecule has 30 heavy (non-hydrogen) atoms. The molecule has 0 unspecified atom stereocenters. The minimum absolute atomic E-state index is 1.07. The largest absolute Gasteiger partial charge is 0.103 e. The first-order valence-electron chi connectivity index (χ1n) is 13.3. The average Bonchev–Trinajstić information content (AvgIpc) is 2.74. The molecule has 0 heterocycles. The zero-order chi connectivity index (χ0) is 22.5. The molecule has 0 radical (unpaired) electrons. The lowest BCUT2D eigenvalue weighted by Crippen LogP contribution is -2.03. The van der Waals surface area contributed by atoms with Crippen LogP contribution in [0.15, 0.2) is 47.6 Å². The van der Waals surface area contributed by atoms with E-state index in [1.54, 1.807) is 22.3 Å². The van der Waals surface area contributed by atoms with Crippen LogP contribution in [0.3, 0.4) is 0 Å². The molecule has 0 rings (SSSR count). The van der Waals surface area contributed by atoms with Gasteiger partial charge in [-0.2, -0.15) is 0 Å². The van der Waals surface area contributed by atoms with Gasteiger partial charge in [-0.15, -0.1) is 13.2 Å². The quantitative estimate of drug-likeness (QED) is 0.0994. The number of rotatable bonds is 21. The van der Waals surface area contributed by atoms with Crippen molar-refractivity contribution in [3.05, 3.63) is 47.6 Å². The minimum atomic E-state index is 1.07. The maximum absolute atomic E-state index is 4.12. The summed E-state index contributed by atoms with van der Waals surface area (Å²) in [6, 6.07) is 0. The van der Waals surface area contributed by atoms with E-state index < -0.39 is 0 Å². The van der Waals surface area contributed by atoms with E-state index >= 15 is 0 Å². The topological polar surface area (TPSA) is 0 Å². The molecule has 174 valence electrons. The molecule has 0 atom stereocenters. The molecule has 0 aromatic carbocycles. The predicted molar refractivity (Wildman–Crippen MR) is 140 cm³/mol. The van der Waals surface area contributed by atoms with Gasteiger partial charge in [0.15, 0.2) is 0 Å². The van der Waals surface area contributed by atoms with E-state index in [0.717, 1.165) is 12.8 Å². The van der Waals surface area contributed by atoms with Gasteiger partial charge in [-0.25, -0.2) is 0 Å². The summed E-state index contributed by atoms with van der Waals surface area (Å²) in [7, 11) is 0. The standard InChI is InChI=1S/C30H54/c1-7-13-17-23-27(21-11-5)29(25-19-15-9-3)30(26-20-16-10-4)28(22-12-6)24-18-14-8-2/h11-12H,5-10,13-26H2,1-4H3. The fourth-order valence-corrected chi connectivity index (χ4v) is 4.46. The highest BCUT2D eigenvalue weighted by Crippen LogP contribution is 2.35. The first-order chi connectivity index (χ1) is 14.7. The molecule has 0 aromatic rings. The molecular weight excluding hydrogens is 360 g/mol. The molecule has 0 aliphatic heterocycles. The van der Waals surface area contributed by atoms with E-state index in [-0.39, 0.29) is 0 Å². The van der Waals surface area contributed by atoms with Crippen molar-refractivity contribution in [3.8, 4) is 0 Å². The maximum Gasteiger partial charge on any atom is -0.0136 e. The average molecular weight is 415 g/mol. The highest BCUT2D eigenvalue weighted by atomic mass is 14.2. The Labute approximate surface area is 191 Å². The highest BCUT2D eigenvalue weighted by Gasteiger charge is 2.15. The van der Waals surface area contributed by atoms with Gasteiger partial charge in [0.25, 0.3) is 0 Å².